The van der Waals surface area contributed by atoms with Crippen LogP contribution in [0.5, 0.6) is 0 Å². The van der Waals surface area contributed by atoms with Gasteiger partial charge in [0.1, 0.15) is 0 Å². The van der Waals surface area contributed by atoms with E-state index in [0.717, 1.165) is 25.6 Å². The van der Waals surface area contributed by atoms with Crippen molar-refractivity contribution in [3.05, 3.63) is 12.2 Å². The molecular formula is C13H25NO. The summed E-state index contributed by atoms with van der Waals surface area (Å²) in [5.41, 5.74) is 1.22. The zero-order chi connectivity index (χ0) is 11.1. The molecule has 0 bridgehead atoms. The minimum atomic E-state index is 0.499. The maximum absolute atomic E-state index is 5.83. The second-order valence-electron chi connectivity index (χ2n) is 4.61. The first kappa shape index (κ1) is 12.7. The lowest BCUT2D eigenvalue weighted by atomic mass is 9.93. The Morgan fingerprint density at radius 3 is 2.53 bits per heavy atom. The zero-order valence-corrected chi connectivity index (χ0v) is 10.2. The molecule has 1 aliphatic carbocycles. The van der Waals surface area contributed by atoms with Crippen LogP contribution in [0.4, 0.5) is 0 Å². The third kappa shape index (κ3) is 5.33. The van der Waals surface area contributed by atoms with Crippen LogP contribution < -0.4 is 5.32 Å². The van der Waals surface area contributed by atoms with Crippen LogP contribution in [0, 0.1) is 0 Å². The van der Waals surface area contributed by atoms with Crippen molar-refractivity contribution in [1.82, 2.24) is 5.32 Å². The van der Waals surface area contributed by atoms with Gasteiger partial charge in [0.2, 0.25) is 0 Å². The van der Waals surface area contributed by atoms with Crippen LogP contribution in [0.2, 0.25) is 0 Å². The van der Waals surface area contributed by atoms with Gasteiger partial charge >= 0.3 is 0 Å². The second-order valence-corrected chi connectivity index (χ2v) is 4.61. The molecule has 1 fully saturated rings. The third-order valence-electron chi connectivity index (χ3n) is 3.05. The summed E-state index contributed by atoms with van der Waals surface area (Å²) >= 11 is 0. The minimum Gasteiger partial charge on any atom is -0.378 e. The van der Waals surface area contributed by atoms with Gasteiger partial charge in [0.25, 0.3) is 0 Å². The monoisotopic (exact) mass is 211 g/mol. The average Bonchev–Trinajstić information content (AvgIpc) is 2.20. The minimum absolute atomic E-state index is 0.499. The van der Waals surface area contributed by atoms with Crippen molar-refractivity contribution in [2.75, 3.05) is 13.2 Å². The van der Waals surface area contributed by atoms with E-state index in [1.807, 2.05) is 0 Å². The Morgan fingerprint density at radius 2 is 2.00 bits per heavy atom. The summed E-state index contributed by atoms with van der Waals surface area (Å²) in [6.45, 7) is 10.1. The summed E-state index contributed by atoms with van der Waals surface area (Å²) in [5, 5.41) is 3.51. The van der Waals surface area contributed by atoms with Gasteiger partial charge in [-0.05, 0) is 45.6 Å². The van der Waals surface area contributed by atoms with E-state index in [4.69, 9.17) is 4.74 Å². The summed E-state index contributed by atoms with van der Waals surface area (Å²) in [7, 11) is 0. The lowest BCUT2D eigenvalue weighted by Crippen LogP contribution is -2.35. The highest BCUT2D eigenvalue weighted by atomic mass is 16.5. The molecule has 0 unspecified atom stereocenters. The molecule has 0 radical (unpaired) electrons. The maximum atomic E-state index is 5.83. The normalized spacial score (nSPS) is 26.5. The molecule has 0 heterocycles. The Bertz CT molecular complexity index is 183. The highest BCUT2D eigenvalue weighted by Gasteiger charge is 2.20. The van der Waals surface area contributed by atoms with E-state index in [2.05, 4.69) is 25.7 Å². The number of hydrogen-bond acceptors (Lipinski definition) is 2. The molecule has 0 aromatic rings. The Kier molecular flexibility index (Phi) is 5.96. The van der Waals surface area contributed by atoms with E-state index in [1.54, 1.807) is 0 Å². The third-order valence-corrected chi connectivity index (χ3v) is 3.05. The molecule has 1 rings (SSSR count). The fraction of sp³-hybridized carbons (Fsp3) is 0.846. The molecule has 2 heteroatoms. The van der Waals surface area contributed by atoms with E-state index in [0.29, 0.717) is 6.10 Å². The SMILES string of the molecule is C=C(C)CCOC1CCC(NCC)CC1. The highest BCUT2D eigenvalue weighted by Crippen LogP contribution is 2.21. The van der Waals surface area contributed by atoms with Gasteiger partial charge in [0.05, 0.1) is 12.7 Å². The quantitative estimate of drug-likeness (QED) is 0.682. The standard InChI is InChI=1S/C13H25NO/c1-4-14-12-5-7-13(8-6-12)15-10-9-11(2)3/h12-14H,2,4-10H2,1,3H3. The van der Waals surface area contributed by atoms with Crippen molar-refractivity contribution in [3.8, 4) is 0 Å². The van der Waals surface area contributed by atoms with Gasteiger partial charge in [-0.3, -0.25) is 0 Å². The van der Waals surface area contributed by atoms with Gasteiger partial charge in [-0.2, -0.15) is 0 Å². The van der Waals surface area contributed by atoms with E-state index < -0.39 is 0 Å². The second kappa shape index (κ2) is 7.02. The summed E-state index contributed by atoms with van der Waals surface area (Å²) in [4.78, 5) is 0. The molecule has 88 valence electrons. The molecule has 2 nitrogen and oxygen atoms in total. The summed E-state index contributed by atoms with van der Waals surface area (Å²) in [6, 6.07) is 0.732. The molecule has 0 aromatic heterocycles. The van der Waals surface area contributed by atoms with Crippen LogP contribution in [-0.2, 0) is 4.74 Å². The molecule has 0 atom stereocenters. The lowest BCUT2D eigenvalue weighted by Gasteiger charge is -2.29. The molecule has 1 N–H and O–H groups in total. The van der Waals surface area contributed by atoms with Crippen molar-refractivity contribution in [2.24, 2.45) is 0 Å². The van der Waals surface area contributed by atoms with Crippen LogP contribution in [-0.4, -0.2) is 25.3 Å². The van der Waals surface area contributed by atoms with Crippen molar-refractivity contribution in [2.45, 2.75) is 58.1 Å². The van der Waals surface area contributed by atoms with Gasteiger partial charge < -0.3 is 10.1 Å². The summed E-state index contributed by atoms with van der Waals surface area (Å²) in [6.07, 6.45) is 6.48. The first-order chi connectivity index (χ1) is 7.22. The van der Waals surface area contributed by atoms with Crippen LogP contribution >= 0.6 is 0 Å². The van der Waals surface area contributed by atoms with Gasteiger partial charge in [-0.1, -0.05) is 12.5 Å². The smallest absolute Gasteiger partial charge is 0.0576 e. The van der Waals surface area contributed by atoms with Crippen LogP contribution in [0.15, 0.2) is 12.2 Å². The molecule has 0 aliphatic heterocycles. The van der Waals surface area contributed by atoms with Gasteiger partial charge in [0.15, 0.2) is 0 Å². The predicted octanol–water partition coefficient (Wildman–Crippen LogP) is 2.89. The van der Waals surface area contributed by atoms with E-state index >= 15 is 0 Å². The fourth-order valence-electron chi connectivity index (χ4n) is 2.12. The Hall–Kier alpha value is -0.340. The first-order valence-electron chi connectivity index (χ1n) is 6.21. The van der Waals surface area contributed by atoms with Crippen LogP contribution in [0.1, 0.15) is 46.0 Å². The molecule has 0 spiro atoms. The Morgan fingerprint density at radius 1 is 1.33 bits per heavy atom. The molecule has 15 heavy (non-hydrogen) atoms. The fourth-order valence-corrected chi connectivity index (χ4v) is 2.12. The van der Waals surface area contributed by atoms with Gasteiger partial charge in [0, 0.05) is 6.04 Å². The largest absolute Gasteiger partial charge is 0.378 e. The maximum Gasteiger partial charge on any atom is 0.0576 e. The molecule has 0 aromatic carbocycles. The van der Waals surface area contributed by atoms with Crippen molar-refractivity contribution in [3.63, 3.8) is 0 Å². The number of hydrogen-bond donors (Lipinski definition) is 1. The molecule has 0 saturated heterocycles. The van der Waals surface area contributed by atoms with Gasteiger partial charge in [-0.15, -0.1) is 6.58 Å². The topological polar surface area (TPSA) is 21.3 Å². The van der Waals surface area contributed by atoms with E-state index in [9.17, 15) is 0 Å². The molecule has 1 aliphatic rings. The Balaban J connectivity index is 2.06. The summed E-state index contributed by atoms with van der Waals surface area (Å²) < 4.78 is 5.83. The first-order valence-corrected chi connectivity index (χ1v) is 6.21. The number of nitrogens with one attached hydrogen (secondary N) is 1. The van der Waals surface area contributed by atoms with E-state index in [-0.39, 0.29) is 0 Å². The van der Waals surface area contributed by atoms with Crippen molar-refractivity contribution >= 4 is 0 Å². The lowest BCUT2D eigenvalue weighted by molar-refractivity contribution is 0.0245. The number of rotatable bonds is 6. The van der Waals surface area contributed by atoms with Gasteiger partial charge in [-0.25, -0.2) is 0 Å². The molecular weight excluding hydrogens is 186 g/mol. The Labute approximate surface area is 94.1 Å². The van der Waals surface area contributed by atoms with Crippen LogP contribution in [0.3, 0.4) is 0 Å². The molecule has 1 saturated carbocycles. The van der Waals surface area contributed by atoms with Crippen molar-refractivity contribution < 1.29 is 4.74 Å². The molecule has 0 amide bonds. The van der Waals surface area contributed by atoms with E-state index in [1.165, 1.54) is 31.3 Å². The summed E-state index contributed by atoms with van der Waals surface area (Å²) in [5.74, 6) is 0. The highest BCUT2D eigenvalue weighted by molar-refractivity contribution is 4.87. The predicted molar refractivity (Wildman–Crippen MR) is 65.1 cm³/mol. The van der Waals surface area contributed by atoms with Crippen molar-refractivity contribution in [1.29, 1.82) is 0 Å². The average molecular weight is 211 g/mol. The zero-order valence-electron chi connectivity index (χ0n) is 10.2. The number of ether oxygens (including phenoxy) is 1. The van der Waals surface area contributed by atoms with Crippen LogP contribution in [0.25, 0.3) is 0 Å².